The summed E-state index contributed by atoms with van der Waals surface area (Å²) in [6.07, 6.45) is 2.44. The maximum atomic E-state index is 12.0. The number of nitrogens with zero attached hydrogens (tertiary/aromatic N) is 2. The quantitative estimate of drug-likeness (QED) is 0.654. The number of thioether (sulfide) groups is 1. The van der Waals surface area contributed by atoms with Gasteiger partial charge in [0.1, 0.15) is 0 Å². The Morgan fingerprint density at radius 3 is 2.95 bits per heavy atom. The molecule has 1 fully saturated rings. The number of carbonyl (C=O) groups is 1. The van der Waals surface area contributed by atoms with Crippen LogP contribution in [0.5, 0.6) is 0 Å². The van der Waals surface area contributed by atoms with Crippen molar-refractivity contribution in [1.82, 2.24) is 10.2 Å². The normalized spacial score (nSPS) is 14.6. The van der Waals surface area contributed by atoms with Crippen LogP contribution in [0.15, 0.2) is 16.5 Å². The molecule has 1 aliphatic rings. The lowest BCUT2D eigenvalue weighted by Crippen LogP contribution is -1.99. The molecule has 0 spiro atoms. The van der Waals surface area contributed by atoms with Crippen molar-refractivity contribution in [3.63, 3.8) is 0 Å². The number of aromatic nitrogens is 2. The zero-order valence-corrected chi connectivity index (χ0v) is 12.8. The standard InChI is InChI=1S/C12H13N3OS3/c1-7-2-5-10(18-7)9(16)6-17-12-15-14-11(19-12)13-8-3-4-8/h2,5,8H,3-4,6H2,1H3,(H,13,14). The van der Waals surface area contributed by atoms with E-state index in [-0.39, 0.29) is 5.78 Å². The highest BCUT2D eigenvalue weighted by molar-refractivity contribution is 8.01. The molecule has 100 valence electrons. The number of thiophene rings is 1. The molecular formula is C12H13N3OS3. The van der Waals surface area contributed by atoms with E-state index >= 15 is 0 Å². The van der Waals surface area contributed by atoms with Gasteiger partial charge in [0.25, 0.3) is 0 Å². The fraction of sp³-hybridized carbons (Fsp3) is 0.417. The molecule has 0 bridgehead atoms. The molecule has 0 aromatic carbocycles. The fourth-order valence-corrected chi connectivity index (χ4v) is 4.12. The molecule has 0 saturated heterocycles. The summed E-state index contributed by atoms with van der Waals surface area (Å²) in [5.74, 6) is 0.591. The predicted octanol–water partition coefficient (Wildman–Crippen LogP) is 3.46. The van der Waals surface area contributed by atoms with Gasteiger partial charge in [-0.25, -0.2) is 0 Å². The summed E-state index contributed by atoms with van der Waals surface area (Å²) in [7, 11) is 0. The van der Waals surface area contributed by atoms with Crippen LogP contribution in [0, 0.1) is 6.92 Å². The zero-order valence-electron chi connectivity index (χ0n) is 10.4. The summed E-state index contributed by atoms with van der Waals surface area (Å²) in [4.78, 5) is 13.9. The van der Waals surface area contributed by atoms with Gasteiger partial charge in [-0.1, -0.05) is 23.1 Å². The summed E-state index contributed by atoms with van der Waals surface area (Å²) in [6.45, 7) is 2.01. The molecule has 2 heterocycles. The second-order valence-electron chi connectivity index (χ2n) is 4.41. The Bertz CT molecular complexity index is 589. The molecule has 3 rings (SSSR count). The summed E-state index contributed by atoms with van der Waals surface area (Å²) in [5, 5.41) is 12.3. The van der Waals surface area contributed by atoms with E-state index in [1.165, 1.54) is 40.8 Å². The molecule has 1 N–H and O–H groups in total. The molecule has 7 heteroatoms. The summed E-state index contributed by atoms with van der Waals surface area (Å²) >= 11 is 4.53. The number of hydrogen-bond donors (Lipinski definition) is 1. The van der Waals surface area contributed by atoms with Crippen molar-refractivity contribution in [1.29, 1.82) is 0 Å². The number of Topliss-reactive ketones (excluding diaryl/α,β-unsaturated/α-hetero) is 1. The Kier molecular flexibility index (Phi) is 3.86. The topological polar surface area (TPSA) is 54.9 Å². The van der Waals surface area contributed by atoms with Gasteiger partial charge in [0, 0.05) is 10.9 Å². The molecule has 0 aliphatic heterocycles. The van der Waals surface area contributed by atoms with E-state index in [0.29, 0.717) is 11.8 Å². The molecular weight excluding hydrogens is 298 g/mol. The lowest BCUT2D eigenvalue weighted by Gasteiger charge is -1.95. The van der Waals surface area contributed by atoms with E-state index in [4.69, 9.17) is 0 Å². The van der Waals surface area contributed by atoms with Crippen LogP contribution in [0.3, 0.4) is 0 Å². The van der Waals surface area contributed by atoms with E-state index < -0.39 is 0 Å². The first-order chi connectivity index (χ1) is 9.20. The van der Waals surface area contributed by atoms with Crippen LogP contribution < -0.4 is 5.32 Å². The van der Waals surface area contributed by atoms with Gasteiger partial charge in [-0.15, -0.1) is 21.5 Å². The summed E-state index contributed by atoms with van der Waals surface area (Å²) in [5.41, 5.74) is 0. The SMILES string of the molecule is Cc1ccc(C(=O)CSc2nnc(NC3CC3)s2)s1. The number of aryl methyl sites for hydroxylation is 1. The second-order valence-corrected chi connectivity index (χ2v) is 7.90. The first-order valence-corrected chi connectivity index (χ1v) is 8.65. The van der Waals surface area contributed by atoms with Crippen LogP contribution in [0.4, 0.5) is 5.13 Å². The smallest absolute Gasteiger partial charge is 0.206 e. The van der Waals surface area contributed by atoms with Crippen LogP contribution in [-0.4, -0.2) is 27.8 Å². The largest absolute Gasteiger partial charge is 0.357 e. The number of anilines is 1. The van der Waals surface area contributed by atoms with E-state index in [1.54, 1.807) is 11.3 Å². The summed E-state index contributed by atoms with van der Waals surface area (Å²) in [6, 6.07) is 4.45. The Labute approximate surface area is 123 Å². The molecule has 0 radical (unpaired) electrons. The molecule has 0 unspecified atom stereocenters. The lowest BCUT2D eigenvalue weighted by atomic mass is 10.3. The van der Waals surface area contributed by atoms with Crippen LogP contribution in [0.1, 0.15) is 27.4 Å². The Morgan fingerprint density at radius 1 is 1.42 bits per heavy atom. The fourth-order valence-electron chi connectivity index (χ4n) is 1.51. The van der Waals surface area contributed by atoms with Crippen LogP contribution in [0.2, 0.25) is 0 Å². The molecule has 2 aromatic heterocycles. The molecule has 0 amide bonds. The summed E-state index contributed by atoms with van der Waals surface area (Å²) < 4.78 is 0.852. The third kappa shape index (κ3) is 3.55. The number of carbonyl (C=O) groups excluding carboxylic acids is 1. The van der Waals surface area contributed by atoms with Gasteiger partial charge in [0.2, 0.25) is 5.13 Å². The second kappa shape index (κ2) is 5.60. The van der Waals surface area contributed by atoms with Gasteiger partial charge in [-0.3, -0.25) is 4.79 Å². The number of hydrogen-bond acceptors (Lipinski definition) is 7. The van der Waals surface area contributed by atoms with E-state index in [1.807, 2.05) is 19.1 Å². The van der Waals surface area contributed by atoms with Gasteiger partial charge in [0.15, 0.2) is 10.1 Å². The first-order valence-electron chi connectivity index (χ1n) is 6.03. The molecule has 4 nitrogen and oxygen atoms in total. The minimum atomic E-state index is 0.162. The maximum absolute atomic E-state index is 12.0. The Balaban J connectivity index is 1.53. The molecule has 19 heavy (non-hydrogen) atoms. The van der Waals surface area contributed by atoms with Gasteiger partial charge in [-0.2, -0.15) is 0 Å². The van der Waals surface area contributed by atoms with Crippen molar-refractivity contribution in [2.24, 2.45) is 0 Å². The average molecular weight is 311 g/mol. The van der Waals surface area contributed by atoms with Crippen molar-refractivity contribution in [2.75, 3.05) is 11.1 Å². The minimum Gasteiger partial charge on any atom is -0.357 e. The van der Waals surface area contributed by atoms with Crippen LogP contribution >= 0.6 is 34.4 Å². The van der Waals surface area contributed by atoms with E-state index in [9.17, 15) is 4.79 Å². The number of ketones is 1. The zero-order chi connectivity index (χ0) is 13.2. The van der Waals surface area contributed by atoms with Crippen LogP contribution in [-0.2, 0) is 0 Å². The highest BCUT2D eigenvalue weighted by atomic mass is 32.2. The molecule has 2 aromatic rings. The lowest BCUT2D eigenvalue weighted by molar-refractivity contribution is 0.102. The minimum absolute atomic E-state index is 0.162. The highest BCUT2D eigenvalue weighted by Gasteiger charge is 2.22. The monoisotopic (exact) mass is 311 g/mol. The number of nitrogens with one attached hydrogen (secondary N) is 1. The highest BCUT2D eigenvalue weighted by Crippen LogP contribution is 2.30. The molecule has 1 aliphatic carbocycles. The molecule has 1 saturated carbocycles. The Hall–Kier alpha value is -0.920. The van der Waals surface area contributed by atoms with Crippen molar-refractivity contribution in [3.8, 4) is 0 Å². The average Bonchev–Trinajstić information content (AvgIpc) is 2.91. The third-order valence-corrected chi connectivity index (χ3v) is 5.68. The van der Waals surface area contributed by atoms with Crippen molar-refractivity contribution < 1.29 is 4.79 Å². The predicted molar refractivity (Wildman–Crippen MR) is 80.7 cm³/mol. The van der Waals surface area contributed by atoms with E-state index in [2.05, 4.69) is 15.5 Å². The first kappa shape index (κ1) is 13.1. The van der Waals surface area contributed by atoms with Crippen molar-refractivity contribution in [2.45, 2.75) is 30.1 Å². The van der Waals surface area contributed by atoms with Gasteiger partial charge in [0.05, 0.1) is 10.6 Å². The maximum Gasteiger partial charge on any atom is 0.206 e. The van der Waals surface area contributed by atoms with Gasteiger partial charge >= 0.3 is 0 Å². The van der Waals surface area contributed by atoms with Gasteiger partial charge in [-0.05, 0) is 31.9 Å². The third-order valence-electron chi connectivity index (χ3n) is 2.65. The Morgan fingerprint density at radius 2 is 2.26 bits per heavy atom. The van der Waals surface area contributed by atoms with Crippen LogP contribution in [0.25, 0.3) is 0 Å². The van der Waals surface area contributed by atoms with E-state index in [0.717, 1.165) is 14.3 Å². The molecule has 0 atom stereocenters. The van der Waals surface area contributed by atoms with Gasteiger partial charge < -0.3 is 5.32 Å². The van der Waals surface area contributed by atoms with Crippen molar-refractivity contribution in [3.05, 3.63) is 21.9 Å². The number of rotatable bonds is 6. The van der Waals surface area contributed by atoms with Crippen molar-refractivity contribution >= 4 is 45.4 Å².